The third-order valence-corrected chi connectivity index (χ3v) is 5.91. The molecule has 7 nitrogen and oxygen atoms in total. The van der Waals surface area contributed by atoms with Crippen LogP contribution in [0, 0.1) is 21.9 Å². The number of hydrogen-bond donors (Lipinski definition) is 1. The molecule has 9 heteroatoms. The minimum atomic E-state index is -0.225. The lowest BCUT2D eigenvalue weighted by Crippen LogP contribution is -2.31. The lowest BCUT2D eigenvalue weighted by Gasteiger charge is -2.21. The van der Waals surface area contributed by atoms with E-state index in [0.717, 1.165) is 31.5 Å². The van der Waals surface area contributed by atoms with Crippen LogP contribution in [0.25, 0.3) is 0 Å². The number of likely N-dealkylation sites (N-methyl/N-ethyl adjacent to an activating group) is 1. The molecule has 0 amide bonds. The summed E-state index contributed by atoms with van der Waals surface area (Å²) >= 11 is 5.37. The van der Waals surface area contributed by atoms with Crippen molar-refractivity contribution in [1.82, 2.24) is 14.0 Å². The third kappa shape index (κ3) is 4.95. The topological polar surface area (TPSA) is 84.5 Å². The Hall–Kier alpha value is -2.54. The molecule has 0 bridgehead atoms. The van der Waals surface area contributed by atoms with Crippen LogP contribution in [0.5, 0.6) is 0 Å². The summed E-state index contributed by atoms with van der Waals surface area (Å²) in [4.78, 5) is 6.79. The zero-order valence-corrected chi connectivity index (χ0v) is 18.3. The molecule has 2 aromatic rings. The van der Waals surface area contributed by atoms with Crippen LogP contribution in [0.2, 0.25) is 0 Å². The molecule has 1 fully saturated rings. The van der Waals surface area contributed by atoms with Gasteiger partial charge in [-0.1, -0.05) is 12.1 Å². The highest BCUT2D eigenvalue weighted by atomic mass is 32.1. The average molecular weight is 431 g/mol. The van der Waals surface area contributed by atoms with E-state index in [-0.39, 0.29) is 18.0 Å². The number of nitrogen functional groups attached to an aromatic ring is 1. The van der Waals surface area contributed by atoms with Crippen LogP contribution in [0.15, 0.2) is 29.3 Å². The summed E-state index contributed by atoms with van der Waals surface area (Å²) < 4.78 is 23.0. The van der Waals surface area contributed by atoms with Gasteiger partial charge in [-0.2, -0.15) is 5.26 Å². The monoisotopic (exact) mass is 430 g/mol. The van der Waals surface area contributed by atoms with E-state index >= 15 is 0 Å². The Labute approximate surface area is 180 Å². The first-order chi connectivity index (χ1) is 14.3. The maximum Gasteiger partial charge on any atom is 0.182 e. The Kier molecular flexibility index (Phi) is 7.02. The number of nitrogens with zero attached hydrogens (tertiary/aromatic N) is 5. The SMILES string of the molecule is CN(Cc1ccc(F)cc1)C[C@H]1CC[C@H](CN=c2c(C#N)c(N)n(C)c(=S)n2C)O1. The molecule has 30 heavy (non-hydrogen) atoms. The second kappa shape index (κ2) is 9.51. The van der Waals surface area contributed by atoms with Crippen molar-refractivity contribution < 1.29 is 9.13 Å². The highest BCUT2D eigenvalue weighted by Gasteiger charge is 2.26. The van der Waals surface area contributed by atoms with Gasteiger partial charge in [0.1, 0.15) is 23.3 Å². The number of benzene rings is 1. The van der Waals surface area contributed by atoms with Gasteiger partial charge in [0.25, 0.3) is 0 Å². The first kappa shape index (κ1) is 22.2. The normalized spacial score (nSPS) is 19.4. The smallest absolute Gasteiger partial charge is 0.182 e. The highest BCUT2D eigenvalue weighted by molar-refractivity contribution is 7.71. The van der Waals surface area contributed by atoms with Gasteiger partial charge in [0.05, 0.1) is 18.8 Å². The van der Waals surface area contributed by atoms with Crippen molar-refractivity contribution >= 4 is 18.0 Å². The third-order valence-electron chi connectivity index (χ3n) is 5.37. The molecule has 0 unspecified atom stereocenters. The summed E-state index contributed by atoms with van der Waals surface area (Å²) in [5.41, 5.74) is 7.91. The number of halogens is 1. The molecule has 160 valence electrons. The minimum Gasteiger partial charge on any atom is -0.384 e. The van der Waals surface area contributed by atoms with Gasteiger partial charge in [0, 0.05) is 27.2 Å². The Morgan fingerprint density at radius 1 is 1.27 bits per heavy atom. The fraction of sp³-hybridized carbons (Fsp3) is 0.476. The number of anilines is 1. The van der Waals surface area contributed by atoms with Crippen LogP contribution in [0.1, 0.15) is 24.0 Å². The molecular weight excluding hydrogens is 403 g/mol. The van der Waals surface area contributed by atoms with Gasteiger partial charge in [-0.15, -0.1) is 0 Å². The molecule has 3 rings (SSSR count). The summed E-state index contributed by atoms with van der Waals surface area (Å²) in [7, 11) is 5.54. The molecule has 2 N–H and O–H groups in total. The van der Waals surface area contributed by atoms with E-state index in [1.807, 2.05) is 7.05 Å². The van der Waals surface area contributed by atoms with Gasteiger partial charge in [-0.3, -0.25) is 9.89 Å². The van der Waals surface area contributed by atoms with Gasteiger partial charge in [-0.05, 0) is 49.8 Å². The molecule has 1 saturated heterocycles. The zero-order valence-electron chi connectivity index (χ0n) is 17.5. The van der Waals surface area contributed by atoms with Gasteiger partial charge >= 0.3 is 0 Å². The molecule has 0 radical (unpaired) electrons. The molecule has 1 aliphatic rings. The van der Waals surface area contributed by atoms with Crippen molar-refractivity contribution in [2.75, 3.05) is 25.9 Å². The van der Waals surface area contributed by atoms with E-state index in [0.29, 0.717) is 28.2 Å². The second-order valence-corrected chi connectivity index (χ2v) is 8.08. The summed E-state index contributed by atoms with van der Waals surface area (Å²) in [6.07, 6.45) is 1.96. The van der Waals surface area contributed by atoms with E-state index in [1.165, 1.54) is 12.1 Å². The van der Waals surface area contributed by atoms with E-state index in [4.69, 9.17) is 22.7 Å². The molecule has 1 aromatic heterocycles. The quantitative estimate of drug-likeness (QED) is 0.711. The predicted octanol–water partition coefficient (Wildman–Crippen LogP) is 2.27. The largest absolute Gasteiger partial charge is 0.384 e. The van der Waals surface area contributed by atoms with E-state index in [1.54, 1.807) is 35.4 Å². The minimum absolute atomic E-state index is 0.00971. The highest BCUT2D eigenvalue weighted by Crippen LogP contribution is 2.21. The Morgan fingerprint density at radius 2 is 1.93 bits per heavy atom. The molecule has 1 aromatic carbocycles. The number of hydrogen-bond acceptors (Lipinski definition) is 6. The van der Waals surface area contributed by atoms with Gasteiger partial charge < -0.3 is 19.6 Å². The summed E-state index contributed by atoms with van der Waals surface area (Å²) in [5.74, 6) is 0.0872. The van der Waals surface area contributed by atoms with Crippen molar-refractivity contribution in [2.24, 2.45) is 19.1 Å². The first-order valence-corrected chi connectivity index (χ1v) is 10.3. The standard InChI is InChI=1S/C21H27FN6OS/c1-26(12-14-4-6-15(22)7-5-14)13-17-9-8-16(29-17)11-25-20-18(10-23)19(24)27(2)21(30)28(20)3/h4-7,16-17H,8-9,11-13,24H2,1-3H3/t16-,17-/m1/s1. The van der Waals surface area contributed by atoms with Gasteiger partial charge in [-0.25, -0.2) is 4.39 Å². The number of nitriles is 1. The second-order valence-electron chi connectivity index (χ2n) is 7.72. The number of aromatic nitrogens is 2. The molecule has 2 atom stereocenters. The lowest BCUT2D eigenvalue weighted by atomic mass is 10.1. The van der Waals surface area contributed by atoms with Crippen LogP contribution in [0.3, 0.4) is 0 Å². The lowest BCUT2D eigenvalue weighted by molar-refractivity contribution is 0.0304. The van der Waals surface area contributed by atoms with Crippen molar-refractivity contribution in [3.8, 4) is 6.07 Å². The molecule has 0 aliphatic carbocycles. The van der Waals surface area contributed by atoms with E-state index < -0.39 is 0 Å². The average Bonchev–Trinajstić information content (AvgIpc) is 3.16. The van der Waals surface area contributed by atoms with Crippen molar-refractivity contribution in [1.29, 1.82) is 5.26 Å². The molecule has 2 heterocycles. The molecule has 1 aliphatic heterocycles. The Morgan fingerprint density at radius 3 is 2.60 bits per heavy atom. The molecule has 0 spiro atoms. The summed E-state index contributed by atoms with van der Waals surface area (Å²) in [5, 5.41) is 9.50. The Bertz CT molecular complexity index is 1070. The van der Waals surface area contributed by atoms with Gasteiger partial charge in [0.2, 0.25) is 0 Å². The van der Waals surface area contributed by atoms with Crippen LogP contribution in [-0.4, -0.2) is 46.4 Å². The van der Waals surface area contributed by atoms with E-state index in [2.05, 4.69) is 16.0 Å². The predicted molar refractivity (Wildman–Crippen MR) is 115 cm³/mol. The van der Waals surface area contributed by atoms with Crippen molar-refractivity contribution in [3.63, 3.8) is 0 Å². The summed E-state index contributed by atoms with van der Waals surface area (Å²) in [6, 6.07) is 8.69. The maximum atomic E-state index is 13.1. The van der Waals surface area contributed by atoms with Crippen molar-refractivity contribution in [2.45, 2.75) is 31.6 Å². The Balaban J connectivity index is 1.62. The van der Waals surface area contributed by atoms with Crippen LogP contribution in [0.4, 0.5) is 10.2 Å². The number of nitrogens with two attached hydrogens (primary N) is 1. The molecular formula is C21H27FN6OS. The first-order valence-electron chi connectivity index (χ1n) is 9.84. The molecule has 0 saturated carbocycles. The zero-order chi connectivity index (χ0) is 21.8. The van der Waals surface area contributed by atoms with Crippen LogP contribution < -0.4 is 11.2 Å². The van der Waals surface area contributed by atoms with Crippen molar-refractivity contribution in [3.05, 3.63) is 51.5 Å². The van der Waals surface area contributed by atoms with Gasteiger partial charge in [0.15, 0.2) is 10.3 Å². The van der Waals surface area contributed by atoms with Crippen LogP contribution >= 0.6 is 12.2 Å². The number of ether oxygens (including phenoxy) is 1. The van der Waals surface area contributed by atoms with E-state index in [9.17, 15) is 9.65 Å². The number of rotatable bonds is 6. The summed E-state index contributed by atoms with van der Waals surface area (Å²) in [6.45, 7) is 1.97. The maximum absolute atomic E-state index is 13.1. The fourth-order valence-electron chi connectivity index (χ4n) is 3.71. The fourth-order valence-corrected chi connectivity index (χ4v) is 3.90. The van der Waals surface area contributed by atoms with Crippen LogP contribution in [-0.2, 0) is 25.4 Å².